The fraction of sp³-hybridized carbons (Fsp3) is 0.333. The minimum atomic E-state index is -0.216. The van der Waals surface area contributed by atoms with Gasteiger partial charge in [0.2, 0.25) is 5.91 Å². The van der Waals surface area contributed by atoms with Crippen LogP contribution in [0.15, 0.2) is 24.3 Å². The Morgan fingerprint density at radius 3 is 2.61 bits per heavy atom. The number of alkyl halides is 1. The van der Waals surface area contributed by atoms with Gasteiger partial charge >= 0.3 is 0 Å². The fourth-order valence-corrected chi connectivity index (χ4v) is 3.49. The maximum Gasteiger partial charge on any atom is 0.246 e. The minimum absolute atomic E-state index is 0.0374. The number of aromatic nitrogens is 1. The molecular formula is C18H19ClN2O2. The maximum absolute atomic E-state index is 12.9. The number of carbonyl (C=O) groups excluding carboxylic acids is 2. The highest BCUT2D eigenvalue weighted by Crippen LogP contribution is 2.41. The molecule has 0 atom stereocenters. The molecule has 0 saturated carbocycles. The average Bonchev–Trinajstić information content (AvgIpc) is 2.72. The number of nitrogens with zero attached hydrogens (tertiary/aromatic N) is 2. The third-order valence-electron chi connectivity index (χ3n) is 4.55. The van der Waals surface area contributed by atoms with Crippen LogP contribution < -0.4 is 4.90 Å². The topological polar surface area (TPSA) is 42.3 Å². The van der Waals surface area contributed by atoms with E-state index in [0.717, 1.165) is 22.5 Å². The van der Waals surface area contributed by atoms with Gasteiger partial charge in [-0.15, -0.1) is 11.6 Å². The second kappa shape index (κ2) is 5.85. The highest BCUT2D eigenvalue weighted by molar-refractivity contribution is 6.31. The Balaban J connectivity index is 2.38. The standard InChI is InChI=1S/C18H19ClN2O2/c1-4-20-12(3)11(2)17-18(20)15(22)9-13-7-5-6-8-14(13)21(17)16(23)10-19/h5-8H,4,9-10H2,1-3H3. The van der Waals surface area contributed by atoms with Crippen molar-refractivity contribution in [2.24, 2.45) is 0 Å². The van der Waals surface area contributed by atoms with Crippen LogP contribution in [0, 0.1) is 13.8 Å². The Hall–Kier alpha value is -2.07. The molecule has 2 heterocycles. The predicted octanol–water partition coefficient (Wildman–Crippen LogP) is 3.77. The number of hydrogen-bond donors (Lipinski definition) is 0. The van der Waals surface area contributed by atoms with Gasteiger partial charge in [-0.25, -0.2) is 0 Å². The number of hydrogen-bond acceptors (Lipinski definition) is 2. The third kappa shape index (κ3) is 2.29. The molecule has 1 aliphatic rings. The first kappa shape index (κ1) is 15.8. The number of para-hydroxylation sites is 1. The van der Waals surface area contributed by atoms with Crippen molar-refractivity contribution in [3.05, 3.63) is 46.8 Å². The molecule has 0 bridgehead atoms. The average molecular weight is 331 g/mol. The third-order valence-corrected chi connectivity index (χ3v) is 4.78. The van der Waals surface area contributed by atoms with Crippen LogP contribution in [0.25, 0.3) is 0 Å². The Kier molecular flexibility index (Phi) is 4.02. The number of Topliss-reactive ketones (excluding diaryl/α,β-unsaturated/α-hetero) is 1. The summed E-state index contributed by atoms with van der Waals surface area (Å²) in [6.45, 7) is 6.63. The van der Waals surface area contributed by atoms with E-state index < -0.39 is 0 Å². The molecule has 0 spiro atoms. The molecule has 0 unspecified atom stereocenters. The summed E-state index contributed by atoms with van der Waals surface area (Å²) in [4.78, 5) is 27.1. The maximum atomic E-state index is 12.9. The van der Waals surface area contributed by atoms with Gasteiger partial charge in [0.15, 0.2) is 5.78 Å². The van der Waals surface area contributed by atoms with E-state index in [2.05, 4.69) is 0 Å². The largest absolute Gasteiger partial charge is 0.341 e. The van der Waals surface area contributed by atoms with Gasteiger partial charge in [0.05, 0.1) is 11.4 Å². The highest BCUT2D eigenvalue weighted by Gasteiger charge is 2.34. The molecule has 0 saturated heterocycles. The van der Waals surface area contributed by atoms with E-state index in [0.29, 0.717) is 17.9 Å². The van der Waals surface area contributed by atoms with E-state index in [-0.39, 0.29) is 24.0 Å². The zero-order valence-corrected chi connectivity index (χ0v) is 14.3. The van der Waals surface area contributed by atoms with Crippen LogP contribution in [0.4, 0.5) is 11.4 Å². The number of halogens is 1. The van der Waals surface area contributed by atoms with Gasteiger partial charge in [0.1, 0.15) is 11.6 Å². The molecule has 3 rings (SSSR count). The zero-order valence-electron chi connectivity index (χ0n) is 13.5. The van der Waals surface area contributed by atoms with E-state index >= 15 is 0 Å². The van der Waals surface area contributed by atoms with Gasteiger partial charge in [0.25, 0.3) is 0 Å². The molecule has 23 heavy (non-hydrogen) atoms. The summed E-state index contributed by atoms with van der Waals surface area (Å²) in [5.41, 5.74) is 4.86. The Labute approximate surface area is 140 Å². The van der Waals surface area contributed by atoms with Crippen LogP contribution >= 0.6 is 11.6 Å². The van der Waals surface area contributed by atoms with Gasteiger partial charge in [0, 0.05) is 18.7 Å². The lowest BCUT2D eigenvalue weighted by Crippen LogP contribution is -2.28. The number of anilines is 2. The molecule has 0 aliphatic carbocycles. The Morgan fingerprint density at radius 2 is 1.96 bits per heavy atom. The number of carbonyl (C=O) groups is 2. The van der Waals surface area contributed by atoms with Gasteiger partial charge in [-0.05, 0) is 38.0 Å². The van der Waals surface area contributed by atoms with Crippen molar-refractivity contribution in [3.63, 3.8) is 0 Å². The van der Waals surface area contributed by atoms with Crippen molar-refractivity contribution in [2.45, 2.75) is 33.7 Å². The quantitative estimate of drug-likeness (QED) is 0.787. The minimum Gasteiger partial charge on any atom is -0.341 e. The monoisotopic (exact) mass is 330 g/mol. The van der Waals surface area contributed by atoms with E-state index in [4.69, 9.17) is 11.6 Å². The first-order chi connectivity index (χ1) is 11.0. The fourth-order valence-electron chi connectivity index (χ4n) is 3.37. The van der Waals surface area contributed by atoms with Gasteiger partial charge in [-0.3, -0.25) is 14.5 Å². The van der Waals surface area contributed by atoms with Gasteiger partial charge < -0.3 is 4.57 Å². The summed E-state index contributed by atoms with van der Waals surface area (Å²) in [5, 5.41) is 0. The number of benzene rings is 1. The molecule has 1 amide bonds. The molecule has 0 radical (unpaired) electrons. The van der Waals surface area contributed by atoms with Crippen molar-refractivity contribution in [1.29, 1.82) is 0 Å². The molecule has 2 aromatic rings. The highest BCUT2D eigenvalue weighted by atomic mass is 35.5. The first-order valence-electron chi connectivity index (χ1n) is 7.70. The number of amides is 1. The van der Waals surface area contributed by atoms with Crippen LogP contribution in [0.5, 0.6) is 0 Å². The molecule has 5 heteroatoms. The molecule has 1 aromatic carbocycles. The van der Waals surface area contributed by atoms with Crippen LogP contribution in [0.2, 0.25) is 0 Å². The molecule has 0 N–H and O–H groups in total. The Morgan fingerprint density at radius 1 is 1.26 bits per heavy atom. The van der Waals surface area contributed by atoms with Crippen molar-refractivity contribution in [1.82, 2.24) is 4.57 Å². The lowest BCUT2D eigenvalue weighted by Gasteiger charge is -2.23. The first-order valence-corrected chi connectivity index (χ1v) is 8.24. The zero-order chi connectivity index (χ0) is 16.7. The van der Waals surface area contributed by atoms with Crippen LogP contribution in [-0.4, -0.2) is 22.1 Å². The molecule has 0 fully saturated rings. The van der Waals surface area contributed by atoms with Crippen LogP contribution in [0.3, 0.4) is 0 Å². The second-order valence-electron chi connectivity index (χ2n) is 5.74. The van der Waals surface area contributed by atoms with E-state index in [1.807, 2.05) is 49.6 Å². The van der Waals surface area contributed by atoms with Crippen molar-refractivity contribution >= 4 is 34.7 Å². The molecule has 120 valence electrons. The predicted molar refractivity (Wildman–Crippen MR) is 91.9 cm³/mol. The summed E-state index contributed by atoms with van der Waals surface area (Å²) in [5.74, 6) is -0.306. The van der Waals surface area contributed by atoms with Crippen molar-refractivity contribution in [3.8, 4) is 0 Å². The normalized spacial score (nSPS) is 13.6. The smallest absolute Gasteiger partial charge is 0.246 e. The lowest BCUT2D eigenvalue weighted by atomic mass is 10.1. The van der Waals surface area contributed by atoms with Gasteiger partial charge in [-0.1, -0.05) is 18.2 Å². The van der Waals surface area contributed by atoms with Crippen LogP contribution in [0.1, 0.15) is 34.2 Å². The van der Waals surface area contributed by atoms with Crippen molar-refractivity contribution < 1.29 is 9.59 Å². The van der Waals surface area contributed by atoms with E-state index in [9.17, 15) is 9.59 Å². The summed E-state index contributed by atoms with van der Waals surface area (Å²) in [6, 6.07) is 7.53. The number of fused-ring (bicyclic) bond motifs is 2. The second-order valence-corrected chi connectivity index (χ2v) is 6.01. The number of ketones is 1. The summed E-state index contributed by atoms with van der Waals surface area (Å²) in [6.07, 6.45) is 0.290. The molecule has 4 nitrogen and oxygen atoms in total. The lowest BCUT2D eigenvalue weighted by molar-refractivity contribution is -0.115. The molecule has 1 aliphatic heterocycles. The summed E-state index contributed by atoms with van der Waals surface area (Å²) < 4.78 is 1.99. The van der Waals surface area contributed by atoms with E-state index in [1.54, 1.807) is 4.90 Å². The molecular weight excluding hydrogens is 312 g/mol. The summed E-state index contributed by atoms with van der Waals surface area (Å²) in [7, 11) is 0. The molecule has 1 aromatic heterocycles. The van der Waals surface area contributed by atoms with Crippen LogP contribution in [-0.2, 0) is 17.8 Å². The van der Waals surface area contributed by atoms with Crippen molar-refractivity contribution in [2.75, 3.05) is 10.8 Å². The van der Waals surface area contributed by atoms with Gasteiger partial charge in [-0.2, -0.15) is 0 Å². The number of rotatable bonds is 2. The summed E-state index contributed by atoms with van der Waals surface area (Å²) >= 11 is 5.86. The Bertz CT molecular complexity index is 808. The van der Waals surface area contributed by atoms with E-state index in [1.165, 1.54) is 0 Å². The SMILES string of the molecule is CCn1c(C)c(C)c2c1C(=O)Cc1ccccc1N2C(=O)CCl.